The van der Waals surface area contributed by atoms with Crippen LogP contribution in [0.5, 0.6) is 0 Å². The number of nitrogen functional groups attached to an aromatic ring is 1. The van der Waals surface area contributed by atoms with E-state index in [0.717, 1.165) is 17.7 Å². The molecular weight excluding hydrogens is 314 g/mol. The van der Waals surface area contributed by atoms with Gasteiger partial charge in [-0.05, 0) is 30.3 Å². The second kappa shape index (κ2) is 6.41. The lowest BCUT2D eigenvalue weighted by Gasteiger charge is -2.07. The highest BCUT2D eigenvalue weighted by atomic mass is 19.1. The smallest absolute Gasteiger partial charge is 0.255 e. The molecule has 120 valence electrons. The number of carbonyl (C=O) groups is 1. The highest BCUT2D eigenvalue weighted by Gasteiger charge is 2.10. The van der Waals surface area contributed by atoms with Gasteiger partial charge in [0.15, 0.2) is 0 Å². The second-order valence-electron chi connectivity index (χ2n) is 4.99. The molecule has 0 aliphatic rings. The summed E-state index contributed by atoms with van der Waals surface area (Å²) in [6.45, 7) is 0. The molecule has 24 heavy (non-hydrogen) atoms. The number of nitrogens with two attached hydrogens (primary N) is 1. The van der Waals surface area contributed by atoms with Gasteiger partial charge in [0.1, 0.15) is 11.6 Å². The summed E-state index contributed by atoms with van der Waals surface area (Å²) in [6, 6.07) is 11.1. The lowest BCUT2D eigenvalue weighted by atomic mass is 10.1. The molecule has 0 saturated carbocycles. The number of anilines is 2. The maximum absolute atomic E-state index is 13.2. The standard InChI is InChI=1S/C17H12F2N4O/c18-12-7-11(8-13(19)9-12)16(24)22-14-3-1-10(2-4-14)15-5-6-21-17(20)23-15/h1-9H,(H,22,24)(H2,20,21,23). The fourth-order valence-corrected chi connectivity index (χ4v) is 2.15. The van der Waals surface area contributed by atoms with Crippen LogP contribution >= 0.6 is 0 Å². The summed E-state index contributed by atoms with van der Waals surface area (Å²) in [6.07, 6.45) is 1.55. The fraction of sp³-hybridized carbons (Fsp3) is 0. The molecule has 3 aromatic rings. The SMILES string of the molecule is Nc1nccc(-c2ccc(NC(=O)c3cc(F)cc(F)c3)cc2)n1. The molecule has 0 aliphatic heterocycles. The quantitative estimate of drug-likeness (QED) is 0.774. The predicted molar refractivity (Wildman–Crippen MR) is 86.2 cm³/mol. The first-order valence-electron chi connectivity index (χ1n) is 6.98. The van der Waals surface area contributed by atoms with Gasteiger partial charge in [0.25, 0.3) is 5.91 Å². The lowest BCUT2D eigenvalue weighted by molar-refractivity contribution is 0.102. The van der Waals surface area contributed by atoms with E-state index in [-0.39, 0.29) is 11.5 Å². The molecule has 2 aromatic carbocycles. The van der Waals surface area contributed by atoms with Crippen molar-refractivity contribution in [3.05, 3.63) is 71.9 Å². The number of carbonyl (C=O) groups excluding carboxylic acids is 1. The highest BCUT2D eigenvalue weighted by molar-refractivity contribution is 6.04. The van der Waals surface area contributed by atoms with Gasteiger partial charge >= 0.3 is 0 Å². The zero-order chi connectivity index (χ0) is 17.1. The minimum atomic E-state index is -0.808. The number of nitrogens with zero attached hydrogens (tertiary/aromatic N) is 2. The third-order valence-corrected chi connectivity index (χ3v) is 3.24. The van der Waals surface area contributed by atoms with Crippen LogP contribution in [0.3, 0.4) is 0 Å². The van der Waals surface area contributed by atoms with Crippen molar-refractivity contribution in [1.82, 2.24) is 9.97 Å². The van der Waals surface area contributed by atoms with Crippen LogP contribution in [0.4, 0.5) is 20.4 Å². The Balaban J connectivity index is 1.77. The average Bonchev–Trinajstić information content (AvgIpc) is 2.54. The Kier molecular flexibility index (Phi) is 4.15. The van der Waals surface area contributed by atoms with Crippen molar-refractivity contribution >= 4 is 17.5 Å². The third kappa shape index (κ3) is 3.52. The molecule has 0 atom stereocenters. The number of halogens is 2. The van der Waals surface area contributed by atoms with Gasteiger partial charge in [0.2, 0.25) is 5.95 Å². The van der Waals surface area contributed by atoms with Gasteiger partial charge in [0, 0.05) is 29.1 Å². The minimum absolute atomic E-state index is 0.0971. The number of hydrogen-bond donors (Lipinski definition) is 2. The van der Waals surface area contributed by atoms with E-state index in [4.69, 9.17) is 5.73 Å². The topological polar surface area (TPSA) is 80.9 Å². The molecule has 0 radical (unpaired) electrons. The molecule has 0 spiro atoms. The van der Waals surface area contributed by atoms with Crippen molar-refractivity contribution in [2.45, 2.75) is 0 Å². The van der Waals surface area contributed by atoms with Crippen LogP contribution in [-0.4, -0.2) is 15.9 Å². The van der Waals surface area contributed by atoms with E-state index >= 15 is 0 Å². The van der Waals surface area contributed by atoms with Crippen molar-refractivity contribution in [3.8, 4) is 11.3 Å². The van der Waals surface area contributed by atoms with Crippen molar-refractivity contribution < 1.29 is 13.6 Å². The van der Waals surface area contributed by atoms with Crippen LogP contribution in [0.1, 0.15) is 10.4 Å². The van der Waals surface area contributed by atoms with Gasteiger partial charge in [0.05, 0.1) is 5.69 Å². The molecule has 5 nitrogen and oxygen atoms in total. The molecule has 0 fully saturated rings. The van der Waals surface area contributed by atoms with Crippen LogP contribution in [0, 0.1) is 11.6 Å². The summed E-state index contributed by atoms with van der Waals surface area (Å²) in [7, 11) is 0. The third-order valence-electron chi connectivity index (χ3n) is 3.24. The Labute approximate surface area is 136 Å². The zero-order valence-corrected chi connectivity index (χ0v) is 12.3. The maximum Gasteiger partial charge on any atom is 0.255 e. The first kappa shape index (κ1) is 15.5. The largest absolute Gasteiger partial charge is 0.368 e. The monoisotopic (exact) mass is 326 g/mol. The predicted octanol–water partition coefficient (Wildman–Crippen LogP) is 3.26. The van der Waals surface area contributed by atoms with Gasteiger partial charge in [-0.25, -0.2) is 18.7 Å². The van der Waals surface area contributed by atoms with Crippen LogP contribution in [0.25, 0.3) is 11.3 Å². The van der Waals surface area contributed by atoms with Crippen molar-refractivity contribution in [1.29, 1.82) is 0 Å². The minimum Gasteiger partial charge on any atom is -0.368 e. The van der Waals surface area contributed by atoms with Gasteiger partial charge in [-0.3, -0.25) is 4.79 Å². The van der Waals surface area contributed by atoms with Crippen LogP contribution in [0.15, 0.2) is 54.7 Å². The molecule has 7 heteroatoms. The van der Waals surface area contributed by atoms with Crippen LogP contribution < -0.4 is 11.1 Å². The van der Waals surface area contributed by atoms with Crippen LogP contribution in [0.2, 0.25) is 0 Å². The van der Waals surface area contributed by atoms with Crippen molar-refractivity contribution in [3.63, 3.8) is 0 Å². The molecule has 1 amide bonds. The van der Waals surface area contributed by atoms with Crippen molar-refractivity contribution in [2.75, 3.05) is 11.1 Å². The van der Waals surface area contributed by atoms with E-state index < -0.39 is 17.5 Å². The van der Waals surface area contributed by atoms with E-state index in [1.54, 1.807) is 36.5 Å². The summed E-state index contributed by atoms with van der Waals surface area (Å²) in [5.41, 5.74) is 7.36. The molecular formula is C17H12F2N4O. The van der Waals surface area contributed by atoms with Gasteiger partial charge < -0.3 is 11.1 Å². The summed E-state index contributed by atoms with van der Waals surface area (Å²) < 4.78 is 26.3. The molecule has 1 heterocycles. The first-order valence-corrected chi connectivity index (χ1v) is 6.98. The molecule has 0 unspecified atom stereocenters. The molecule has 0 aliphatic carbocycles. The van der Waals surface area contributed by atoms with E-state index in [2.05, 4.69) is 15.3 Å². The Morgan fingerprint density at radius 1 is 1.00 bits per heavy atom. The van der Waals surface area contributed by atoms with Gasteiger partial charge in [-0.1, -0.05) is 12.1 Å². The molecule has 1 aromatic heterocycles. The number of rotatable bonds is 3. The molecule has 3 N–H and O–H groups in total. The van der Waals surface area contributed by atoms with Gasteiger partial charge in [-0.2, -0.15) is 0 Å². The number of benzene rings is 2. The number of nitrogens with one attached hydrogen (secondary N) is 1. The van der Waals surface area contributed by atoms with E-state index in [1.807, 2.05) is 0 Å². The van der Waals surface area contributed by atoms with Crippen molar-refractivity contribution in [2.24, 2.45) is 0 Å². The normalized spacial score (nSPS) is 10.4. The van der Waals surface area contributed by atoms with E-state index in [0.29, 0.717) is 17.4 Å². The summed E-state index contributed by atoms with van der Waals surface area (Å²) in [5.74, 6) is -2.06. The fourth-order valence-electron chi connectivity index (χ4n) is 2.15. The first-order chi connectivity index (χ1) is 11.5. The average molecular weight is 326 g/mol. The highest BCUT2D eigenvalue weighted by Crippen LogP contribution is 2.20. The van der Waals surface area contributed by atoms with E-state index in [1.165, 1.54) is 0 Å². The summed E-state index contributed by atoms with van der Waals surface area (Å²) in [5, 5.41) is 2.57. The number of amides is 1. The lowest BCUT2D eigenvalue weighted by Crippen LogP contribution is -2.12. The Hall–Kier alpha value is -3.35. The summed E-state index contributed by atoms with van der Waals surface area (Å²) in [4.78, 5) is 20.0. The van der Waals surface area contributed by atoms with Crippen LogP contribution in [-0.2, 0) is 0 Å². The Morgan fingerprint density at radius 3 is 2.29 bits per heavy atom. The molecule has 0 bridgehead atoms. The van der Waals surface area contributed by atoms with Gasteiger partial charge in [-0.15, -0.1) is 0 Å². The van der Waals surface area contributed by atoms with E-state index in [9.17, 15) is 13.6 Å². The zero-order valence-electron chi connectivity index (χ0n) is 12.3. The second-order valence-corrected chi connectivity index (χ2v) is 4.99. The Bertz CT molecular complexity index is 877. The molecule has 0 saturated heterocycles. The number of aromatic nitrogens is 2. The summed E-state index contributed by atoms with van der Waals surface area (Å²) >= 11 is 0. The Morgan fingerprint density at radius 2 is 1.67 bits per heavy atom. The maximum atomic E-state index is 13.2. The number of hydrogen-bond acceptors (Lipinski definition) is 4. The molecule has 3 rings (SSSR count).